The summed E-state index contributed by atoms with van der Waals surface area (Å²) >= 11 is 7.25. The molecule has 0 aliphatic carbocycles. The Morgan fingerprint density at radius 1 is 1.25 bits per heavy atom. The molecular weight excluding hydrogens is 294 g/mol. The van der Waals surface area contributed by atoms with Crippen LogP contribution in [0.1, 0.15) is 5.56 Å². The molecule has 0 spiro atoms. The zero-order valence-corrected chi connectivity index (χ0v) is 11.8. The van der Waals surface area contributed by atoms with Crippen molar-refractivity contribution in [3.8, 4) is 0 Å². The minimum absolute atomic E-state index is 0.487. The number of nitrogens with two attached hydrogens (primary N) is 1. The summed E-state index contributed by atoms with van der Waals surface area (Å²) in [6, 6.07) is 9.51. The highest BCUT2D eigenvalue weighted by Crippen LogP contribution is 2.17. The zero-order valence-electron chi connectivity index (χ0n) is 10.2. The lowest BCUT2D eigenvalue weighted by Gasteiger charge is -1.99. The fourth-order valence-corrected chi connectivity index (χ4v) is 2.40. The van der Waals surface area contributed by atoms with E-state index in [-0.39, 0.29) is 0 Å². The third-order valence-corrected chi connectivity index (χ3v) is 3.55. The normalized spacial score (nSPS) is 11.2. The van der Waals surface area contributed by atoms with Crippen LogP contribution in [0.5, 0.6) is 0 Å². The van der Waals surface area contributed by atoms with Gasteiger partial charge in [-0.1, -0.05) is 17.7 Å². The van der Waals surface area contributed by atoms with Crippen LogP contribution >= 0.6 is 22.9 Å². The molecule has 0 saturated carbocycles. The molecule has 20 heavy (non-hydrogen) atoms. The molecule has 0 radical (unpaired) electrons. The van der Waals surface area contributed by atoms with E-state index in [1.165, 1.54) is 11.3 Å². The van der Waals surface area contributed by atoms with Crippen LogP contribution in [0.15, 0.2) is 40.8 Å². The van der Waals surface area contributed by atoms with Crippen LogP contribution < -0.4 is 11.2 Å². The number of hydrazone groups is 1. The van der Waals surface area contributed by atoms with Crippen molar-refractivity contribution in [3.05, 3.63) is 46.4 Å². The monoisotopic (exact) mass is 303 g/mol. The Balaban J connectivity index is 1.78. The summed E-state index contributed by atoms with van der Waals surface area (Å²) in [5, 5.41) is 8.03. The SMILES string of the molecule is Nc1csc(NN=Cc2ccc3nc(Cl)ccc3c2)n1. The standard InChI is InChI=1S/C13H10ClN5S/c14-11-4-2-9-5-8(1-3-10(9)17-11)6-16-19-13-18-12(15)7-20-13/h1-7H,15H2,(H,18,19). The maximum absolute atomic E-state index is 5.85. The van der Waals surface area contributed by atoms with Crippen LogP contribution in [-0.2, 0) is 0 Å². The highest BCUT2D eigenvalue weighted by atomic mass is 35.5. The van der Waals surface area contributed by atoms with Crippen LogP contribution in [0.25, 0.3) is 10.9 Å². The van der Waals surface area contributed by atoms with Crippen molar-refractivity contribution in [2.75, 3.05) is 11.2 Å². The number of nitrogen functional groups attached to an aromatic ring is 1. The number of anilines is 2. The second kappa shape index (κ2) is 5.44. The van der Waals surface area contributed by atoms with Gasteiger partial charge in [-0.05, 0) is 29.8 Å². The van der Waals surface area contributed by atoms with E-state index in [0.29, 0.717) is 16.1 Å². The highest BCUT2D eigenvalue weighted by molar-refractivity contribution is 7.14. The molecule has 0 amide bonds. The topological polar surface area (TPSA) is 76.2 Å². The van der Waals surface area contributed by atoms with Gasteiger partial charge < -0.3 is 5.73 Å². The first-order valence-electron chi connectivity index (χ1n) is 5.77. The quantitative estimate of drug-likeness (QED) is 0.442. The molecule has 0 aliphatic rings. The molecule has 0 aliphatic heterocycles. The van der Waals surface area contributed by atoms with Crippen molar-refractivity contribution in [1.82, 2.24) is 9.97 Å². The zero-order chi connectivity index (χ0) is 13.9. The van der Waals surface area contributed by atoms with Crippen molar-refractivity contribution in [2.24, 2.45) is 5.10 Å². The second-order valence-corrected chi connectivity index (χ2v) is 5.28. The molecule has 3 rings (SSSR count). The van der Waals surface area contributed by atoms with E-state index in [9.17, 15) is 0 Å². The minimum atomic E-state index is 0.487. The Bertz CT molecular complexity index is 783. The smallest absolute Gasteiger partial charge is 0.205 e. The Kier molecular flexibility index (Phi) is 3.49. The van der Waals surface area contributed by atoms with Gasteiger partial charge in [-0.2, -0.15) is 5.10 Å². The van der Waals surface area contributed by atoms with Crippen molar-refractivity contribution in [2.45, 2.75) is 0 Å². The van der Waals surface area contributed by atoms with E-state index in [1.807, 2.05) is 24.3 Å². The number of hydrogen-bond donors (Lipinski definition) is 2. The van der Waals surface area contributed by atoms with E-state index >= 15 is 0 Å². The molecular formula is C13H10ClN5S. The Morgan fingerprint density at radius 3 is 2.95 bits per heavy atom. The molecule has 3 aromatic rings. The predicted octanol–water partition coefficient (Wildman–Crippen LogP) is 3.37. The number of aromatic nitrogens is 2. The Morgan fingerprint density at radius 2 is 2.15 bits per heavy atom. The molecule has 5 nitrogen and oxygen atoms in total. The highest BCUT2D eigenvalue weighted by Gasteiger charge is 1.98. The van der Waals surface area contributed by atoms with Crippen LogP contribution in [0, 0.1) is 0 Å². The molecule has 3 N–H and O–H groups in total. The third-order valence-electron chi connectivity index (χ3n) is 2.58. The second-order valence-electron chi connectivity index (χ2n) is 4.03. The molecule has 100 valence electrons. The molecule has 1 aromatic carbocycles. The summed E-state index contributed by atoms with van der Waals surface area (Å²) < 4.78 is 0. The molecule has 2 aromatic heterocycles. The first-order chi connectivity index (χ1) is 9.70. The van der Waals surface area contributed by atoms with Crippen molar-refractivity contribution >= 4 is 51.0 Å². The summed E-state index contributed by atoms with van der Waals surface area (Å²) in [7, 11) is 0. The lowest BCUT2D eigenvalue weighted by Crippen LogP contribution is -1.91. The lowest BCUT2D eigenvalue weighted by atomic mass is 10.1. The molecule has 0 bridgehead atoms. The first kappa shape index (κ1) is 12.8. The molecule has 0 atom stereocenters. The van der Waals surface area contributed by atoms with Gasteiger partial charge in [0.2, 0.25) is 5.13 Å². The van der Waals surface area contributed by atoms with Gasteiger partial charge in [0.05, 0.1) is 11.7 Å². The van der Waals surface area contributed by atoms with Gasteiger partial charge in [0.1, 0.15) is 11.0 Å². The molecule has 0 saturated heterocycles. The average Bonchev–Trinajstić information content (AvgIpc) is 2.85. The summed E-state index contributed by atoms with van der Waals surface area (Å²) in [5.41, 5.74) is 10.2. The van der Waals surface area contributed by atoms with Gasteiger partial charge in [-0.15, -0.1) is 11.3 Å². The number of nitrogens with zero attached hydrogens (tertiary/aromatic N) is 3. The number of halogens is 1. The van der Waals surface area contributed by atoms with Gasteiger partial charge in [0.15, 0.2) is 0 Å². The van der Waals surface area contributed by atoms with E-state index in [0.717, 1.165) is 16.5 Å². The van der Waals surface area contributed by atoms with E-state index in [2.05, 4.69) is 20.5 Å². The maximum atomic E-state index is 5.85. The van der Waals surface area contributed by atoms with Gasteiger partial charge in [-0.25, -0.2) is 9.97 Å². The number of fused-ring (bicyclic) bond motifs is 1. The minimum Gasteiger partial charge on any atom is -0.383 e. The molecule has 2 heterocycles. The summed E-state index contributed by atoms with van der Waals surface area (Å²) in [5.74, 6) is 0.487. The van der Waals surface area contributed by atoms with E-state index in [4.69, 9.17) is 17.3 Å². The Labute approximate surface area is 124 Å². The lowest BCUT2D eigenvalue weighted by molar-refractivity contribution is 1.29. The third kappa shape index (κ3) is 2.87. The fourth-order valence-electron chi connectivity index (χ4n) is 1.70. The van der Waals surface area contributed by atoms with Crippen LogP contribution in [-0.4, -0.2) is 16.2 Å². The average molecular weight is 304 g/mol. The van der Waals surface area contributed by atoms with Crippen LogP contribution in [0.3, 0.4) is 0 Å². The van der Waals surface area contributed by atoms with Gasteiger partial charge in [-0.3, -0.25) is 5.43 Å². The summed E-state index contributed by atoms with van der Waals surface area (Å²) in [6.45, 7) is 0. The van der Waals surface area contributed by atoms with Crippen molar-refractivity contribution < 1.29 is 0 Å². The number of hydrogen-bond acceptors (Lipinski definition) is 6. The Hall–Kier alpha value is -2.18. The van der Waals surface area contributed by atoms with Gasteiger partial charge in [0.25, 0.3) is 0 Å². The van der Waals surface area contributed by atoms with E-state index in [1.54, 1.807) is 17.7 Å². The first-order valence-corrected chi connectivity index (χ1v) is 7.03. The largest absolute Gasteiger partial charge is 0.383 e. The number of thiazole rings is 1. The maximum Gasteiger partial charge on any atom is 0.205 e. The molecule has 7 heteroatoms. The number of benzene rings is 1. The number of pyridine rings is 1. The van der Waals surface area contributed by atoms with Crippen molar-refractivity contribution in [3.63, 3.8) is 0 Å². The van der Waals surface area contributed by atoms with Crippen LogP contribution in [0.4, 0.5) is 10.9 Å². The summed E-state index contributed by atoms with van der Waals surface area (Å²) in [4.78, 5) is 8.28. The fraction of sp³-hybridized carbons (Fsp3) is 0. The molecule has 0 fully saturated rings. The van der Waals surface area contributed by atoms with E-state index < -0.39 is 0 Å². The van der Waals surface area contributed by atoms with Gasteiger partial charge >= 0.3 is 0 Å². The number of rotatable bonds is 3. The van der Waals surface area contributed by atoms with Gasteiger partial charge in [0, 0.05) is 10.8 Å². The van der Waals surface area contributed by atoms with Crippen molar-refractivity contribution in [1.29, 1.82) is 0 Å². The molecule has 0 unspecified atom stereocenters. The summed E-state index contributed by atoms with van der Waals surface area (Å²) in [6.07, 6.45) is 1.71. The van der Waals surface area contributed by atoms with Crippen LogP contribution in [0.2, 0.25) is 5.15 Å². The number of nitrogens with one attached hydrogen (secondary N) is 1. The predicted molar refractivity (Wildman–Crippen MR) is 84.5 cm³/mol.